The fourth-order valence-electron chi connectivity index (χ4n) is 6.25. The summed E-state index contributed by atoms with van der Waals surface area (Å²) in [6.45, 7) is 25.5. The average Bonchev–Trinajstić information content (AvgIpc) is 3.34. The first-order chi connectivity index (χ1) is 19.6. The molecule has 0 radical (unpaired) electrons. The highest BCUT2D eigenvalue weighted by molar-refractivity contribution is 5.94. The standard InChI is InChI=1S/C33H54N2O8/c1-13-30(5,6)26(29(40)43-28(39)23-15-16-25(37)35-23)20(2)31(7,8)24(19-42-27(38)21(3)36)33(11,12)32(9,10)22(4)41-18-14-17-34/h20,22-24,26,36H,3,13-16,18-19H2,1-2,4-12H3,(H,35,37). The Kier molecular flexibility index (Phi) is 13.0. The second-order valence-electron chi connectivity index (χ2n) is 14.3. The topological polar surface area (TPSA) is 152 Å². The van der Waals surface area contributed by atoms with Crippen LogP contribution in [0.25, 0.3) is 0 Å². The molecule has 1 aliphatic heterocycles. The molecule has 0 aromatic heterocycles. The SMILES string of the molecule is C=C(O)C(=O)OCC(C(C)(C)C(C)C(C(=O)OC(=O)C1CCC(=O)N1)C(C)(C)CC)C(C)(C)C(C)(C)C(C)OCCC#N. The van der Waals surface area contributed by atoms with Gasteiger partial charge in [0.25, 0.3) is 0 Å². The van der Waals surface area contributed by atoms with E-state index in [9.17, 15) is 24.3 Å². The van der Waals surface area contributed by atoms with Crippen molar-refractivity contribution in [2.45, 2.75) is 114 Å². The molecule has 244 valence electrons. The van der Waals surface area contributed by atoms with Gasteiger partial charge < -0.3 is 24.6 Å². The summed E-state index contributed by atoms with van der Waals surface area (Å²) >= 11 is 0. The molecule has 1 rings (SSSR count). The Bertz CT molecular complexity index is 1080. The third kappa shape index (κ3) is 8.81. The van der Waals surface area contributed by atoms with Crippen LogP contribution in [0.15, 0.2) is 12.3 Å². The fourth-order valence-corrected chi connectivity index (χ4v) is 6.25. The van der Waals surface area contributed by atoms with Crippen LogP contribution < -0.4 is 5.32 Å². The van der Waals surface area contributed by atoms with Crippen LogP contribution in [0.5, 0.6) is 0 Å². The van der Waals surface area contributed by atoms with Gasteiger partial charge in [-0.3, -0.25) is 9.59 Å². The smallest absolute Gasteiger partial charge is 0.372 e. The third-order valence-electron chi connectivity index (χ3n) is 10.8. The molecule has 1 heterocycles. The number of hydrogen-bond acceptors (Lipinski definition) is 9. The molecule has 1 fully saturated rings. The normalized spacial score (nSPS) is 18.9. The molecule has 0 aliphatic carbocycles. The molecule has 1 amide bonds. The molecule has 0 aromatic rings. The zero-order chi connectivity index (χ0) is 33.6. The number of rotatable bonds is 16. The van der Waals surface area contributed by atoms with Gasteiger partial charge in [-0.1, -0.05) is 75.7 Å². The molecule has 10 nitrogen and oxygen atoms in total. The lowest BCUT2D eigenvalue weighted by Gasteiger charge is -2.57. The van der Waals surface area contributed by atoms with Gasteiger partial charge in [-0.25, -0.2) is 9.59 Å². The number of nitriles is 1. The highest BCUT2D eigenvalue weighted by atomic mass is 16.6. The van der Waals surface area contributed by atoms with Crippen molar-refractivity contribution in [3.63, 3.8) is 0 Å². The summed E-state index contributed by atoms with van der Waals surface area (Å²) in [4.78, 5) is 50.7. The monoisotopic (exact) mass is 606 g/mol. The van der Waals surface area contributed by atoms with Crippen LogP contribution in [-0.4, -0.2) is 54.3 Å². The second kappa shape index (κ2) is 14.7. The minimum atomic E-state index is -0.936. The summed E-state index contributed by atoms with van der Waals surface area (Å²) in [7, 11) is 0. The zero-order valence-electron chi connectivity index (χ0n) is 28.1. The number of nitrogens with one attached hydrogen (secondary N) is 1. The lowest BCUT2D eigenvalue weighted by molar-refractivity contribution is -0.178. The predicted molar refractivity (Wildman–Crippen MR) is 162 cm³/mol. The van der Waals surface area contributed by atoms with Gasteiger partial charge in [0.2, 0.25) is 5.91 Å². The van der Waals surface area contributed by atoms with Gasteiger partial charge in [0.15, 0.2) is 5.76 Å². The van der Waals surface area contributed by atoms with Crippen LogP contribution in [0, 0.1) is 50.7 Å². The maximum Gasteiger partial charge on any atom is 0.372 e. The molecule has 0 spiro atoms. The maximum absolute atomic E-state index is 13.8. The van der Waals surface area contributed by atoms with Crippen molar-refractivity contribution in [3.05, 3.63) is 12.3 Å². The van der Waals surface area contributed by atoms with Gasteiger partial charge in [-0.05, 0) is 47.5 Å². The molecule has 2 N–H and O–H groups in total. The van der Waals surface area contributed by atoms with Crippen LogP contribution in [0.2, 0.25) is 0 Å². The van der Waals surface area contributed by atoms with Gasteiger partial charge in [0, 0.05) is 12.3 Å². The van der Waals surface area contributed by atoms with Crippen LogP contribution in [-0.2, 0) is 33.4 Å². The van der Waals surface area contributed by atoms with Gasteiger partial charge >= 0.3 is 17.9 Å². The summed E-state index contributed by atoms with van der Waals surface area (Å²) in [6.07, 6.45) is 1.05. The van der Waals surface area contributed by atoms with E-state index in [1.54, 1.807) is 0 Å². The highest BCUT2D eigenvalue weighted by Gasteiger charge is 2.56. The van der Waals surface area contributed by atoms with Crippen LogP contribution in [0.1, 0.15) is 102 Å². The maximum atomic E-state index is 13.8. The first kappa shape index (κ1) is 38.1. The number of amides is 1. The van der Waals surface area contributed by atoms with Crippen molar-refractivity contribution in [2.75, 3.05) is 13.2 Å². The van der Waals surface area contributed by atoms with Crippen LogP contribution in [0.3, 0.4) is 0 Å². The van der Waals surface area contributed by atoms with Crippen molar-refractivity contribution < 1.29 is 38.5 Å². The minimum absolute atomic E-state index is 0.0849. The number of carbonyl (C=O) groups excluding carboxylic acids is 4. The van der Waals surface area contributed by atoms with E-state index in [1.165, 1.54) is 0 Å². The number of aliphatic hydroxyl groups is 1. The van der Waals surface area contributed by atoms with E-state index in [-0.39, 0.29) is 44.5 Å². The first-order valence-electron chi connectivity index (χ1n) is 15.2. The molecular weight excluding hydrogens is 552 g/mol. The molecule has 1 saturated heterocycles. The summed E-state index contributed by atoms with van der Waals surface area (Å²) in [5.41, 5.74) is -2.44. The lowest BCUT2D eigenvalue weighted by Crippen LogP contribution is -2.56. The van der Waals surface area contributed by atoms with Gasteiger partial charge in [0.1, 0.15) is 6.04 Å². The van der Waals surface area contributed by atoms with Crippen molar-refractivity contribution in [3.8, 4) is 6.07 Å². The zero-order valence-corrected chi connectivity index (χ0v) is 28.1. The van der Waals surface area contributed by atoms with E-state index in [2.05, 4.69) is 45.7 Å². The van der Waals surface area contributed by atoms with E-state index in [4.69, 9.17) is 19.5 Å². The molecular formula is C33H54N2O8. The quantitative estimate of drug-likeness (QED) is 0.0746. The number of aliphatic hydroxyl groups excluding tert-OH is 1. The molecule has 0 aromatic carbocycles. The first-order valence-corrected chi connectivity index (χ1v) is 15.2. The molecule has 43 heavy (non-hydrogen) atoms. The van der Waals surface area contributed by atoms with Crippen molar-refractivity contribution >= 4 is 23.8 Å². The largest absolute Gasteiger partial charge is 0.502 e. The number of carbonyl (C=O) groups is 4. The Balaban J connectivity index is 3.59. The Labute approximate surface area is 257 Å². The summed E-state index contributed by atoms with van der Waals surface area (Å²) < 4.78 is 17.1. The average molecular weight is 607 g/mol. The Morgan fingerprint density at radius 3 is 2.14 bits per heavy atom. The van der Waals surface area contributed by atoms with E-state index in [1.807, 2.05) is 48.5 Å². The predicted octanol–water partition coefficient (Wildman–Crippen LogP) is 5.65. The van der Waals surface area contributed by atoms with Crippen LogP contribution in [0.4, 0.5) is 0 Å². The van der Waals surface area contributed by atoms with Crippen LogP contribution >= 0.6 is 0 Å². The van der Waals surface area contributed by atoms with Gasteiger partial charge in [0.05, 0.1) is 37.7 Å². The second-order valence-corrected chi connectivity index (χ2v) is 14.3. The summed E-state index contributed by atoms with van der Waals surface area (Å²) in [5, 5.41) is 21.2. The van der Waals surface area contributed by atoms with Gasteiger partial charge in [-0.2, -0.15) is 5.26 Å². The fraction of sp³-hybridized carbons (Fsp3) is 0.788. The summed E-state index contributed by atoms with van der Waals surface area (Å²) in [5.74, 6) is -4.86. The van der Waals surface area contributed by atoms with Gasteiger partial charge in [-0.15, -0.1) is 0 Å². The number of nitrogens with zero attached hydrogens (tertiary/aromatic N) is 1. The molecule has 10 heteroatoms. The number of hydrogen-bond donors (Lipinski definition) is 2. The molecule has 0 saturated carbocycles. The Hall–Kier alpha value is -2.93. The Morgan fingerprint density at radius 1 is 1.09 bits per heavy atom. The van der Waals surface area contributed by atoms with Crippen molar-refractivity contribution in [2.24, 2.45) is 39.4 Å². The van der Waals surface area contributed by atoms with E-state index >= 15 is 0 Å². The third-order valence-corrected chi connectivity index (χ3v) is 10.8. The molecule has 0 bridgehead atoms. The number of esters is 3. The molecule has 1 aliphatic rings. The minimum Gasteiger partial charge on any atom is -0.502 e. The molecule has 5 unspecified atom stereocenters. The van der Waals surface area contributed by atoms with Crippen molar-refractivity contribution in [1.82, 2.24) is 5.32 Å². The lowest BCUT2D eigenvalue weighted by atomic mass is 9.49. The van der Waals surface area contributed by atoms with Crippen molar-refractivity contribution in [1.29, 1.82) is 5.26 Å². The number of ether oxygens (including phenoxy) is 3. The van der Waals surface area contributed by atoms with E-state index in [0.717, 1.165) is 0 Å². The van der Waals surface area contributed by atoms with E-state index in [0.29, 0.717) is 6.42 Å². The Morgan fingerprint density at radius 2 is 1.67 bits per heavy atom. The van der Waals surface area contributed by atoms with E-state index < -0.39 is 69.1 Å². The highest BCUT2D eigenvalue weighted by Crippen LogP contribution is 2.57. The molecule has 5 atom stereocenters. The summed E-state index contributed by atoms with van der Waals surface area (Å²) in [6, 6.07) is 1.24.